The minimum Gasteiger partial charge on any atom is -0.508 e. The molecule has 0 amide bonds. The van der Waals surface area contributed by atoms with Gasteiger partial charge in [0.2, 0.25) is 0 Å². The lowest BCUT2D eigenvalue weighted by atomic mass is 9.84. The maximum Gasteiger partial charge on any atom is 0.191 e. The first-order valence-electron chi connectivity index (χ1n) is 8.16. The maximum absolute atomic E-state index is 9.31. The van der Waals surface area contributed by atoms with Crippen LogP contribution in [0, 0.1) is 5.41 Å². The molecule has 6 nitrogen and oxygen atoms in total. The van der Waals surface area contributed by atoms with Crippen molar-refractivity contribution in [2.24, 2.45) is 10.4 Å². The van der Waals surface area contributed by atoms with Crippen LogP contribution in [0.2, 0.25) is 0 Å². The number of phenolic OH excluding ortho intramolecular Hbond substituents is 1. The van der Waals surface area contributed by atoms with Gasteiger partial charge in [-0.1, -0.05) is 12.1 Å². The summed E-state index contributed by atoms with van der Waals surface area (Å²) in [4.78, 5) is 4.58. The molecule has 0 saturated carbocycles. The number of guanidine groups is 1. The van der Waals surface area contributed by atoms with E-state index in [4.69, 9.17) is 4.74 Å². The molecule has 0 aromatic heterocycles. The maximum atomic E-state index is 9.31. The number of phenols is 1. The first-order valence-corrected chi connectivity index (χ1v) is 8.16. The molecular weight excluding hydrogens is 421 g/mol. The van der Waals surface area contributed by atoms with Crippen LogP contribution in [-0.2, 0) is 11.3 Å². The number of aliphatic hydroxyl groups excluding tert-OH is 1. The fourth-order valence-electron chi connectivity index (χ4n) is 2.70. The molecule has 1 saturated heterocycles. The summed E-state index contributed by atoms with van der Waals surface area (Å²) >= 11 is 0. The third kappa shape index (κ3) is 6.45. The van der Waals surface area contributed by atoms with Gasteiger partial charge in [0.05, 0.1) is 13.2 Å². The van der Waals surface area contributed by atoms with Crippen molar-refractivity contribution in [1.82, 2.24) is 10.6 Å². The molecule has 1 fully saturated rings. The van der Waals surface area contributed by atoms with Gasteiger partial charge in [-0.05, 0) is 37.5 Å². The Bertz CT molecular complexity index is 502. The van der Waals surface area contributed by atoms with Crippen molar-refractivity contribution in [1.29, 1.82) is 0 Å². The molecule has 1 atom stereocenters. The lowest BCUT2D eigenvalue weighted by Gasteiger charge is -2.27. The van der Waals surface area contributed by atoms with E-state index in [2.05, 4.69) is 15.6 Å². The third-order valence-electron chi connectivity index (χ3n) is 4.16. The van der Waals surface area contributed by atoms with Gasteiger partial charge in [-0.25, -0.2) is 4.99 Å². The minimum absolute atomic E-state index is 0. The number of hydrogen-bond acceptors (Lipinski definition) is 4. The molecular formula is C17H28IN3O3. The van der Waals surface area contributed by atoms with Gasteiger partial charge < -0.3 is 25.6 Å². The molecule has 0 bridgehead atoms. The van der Waals surface area contributed by atoms with E-state index < -0.39 is 0 Å². The average molecular weight is 449 g/mol. The second-order valence-corrected chi connectivity index (χ2v) is 5.99. The molecule has 24 heavy (non-hydrogen) atoms. The zero-order valence-corrected chi connectivity index (χ0v) is 16.5. The topological polar surface area (TPSA) is 86.1 Å². The number of benzene rings is 1. The summed E-state index contributed by atoms with van der Waals surface area (Å²) in [5.41, 5.74) is 1.03. The Morgan fingerprint density at radius 3 is 2.62 bits per heavy atom. The summed E-state index contributed by atoms with van der Waals surface area (Å²) in [6, 6.07) is 7.05. The van der Waals surface area contributed by atoms with Crippen molar-refractivity contribution in [3.05, 3.63) is 29.8 Å². The number of ether oxygens (including phenoxy) is 1. The van der Waals surface area contributed by atoms with E-state index in [1.165, 1.54) is 0 Å². The number of hydrogen-bond donors (Lipinski definition) is 4. The van der Waals surface area contributed by atoms with E-state index >= 15 is 0 Å². The van der Waals surface area contributed by atoms with E-state index in [0.717, 1.165) is 44.1 Å². The van der Waals surface area contributed by atoms with Crippen LogP contribution in [0.25, 0.3) is 0 Å². The molecule has 0 aliphatic carbocycles. The van der Waals surface area contributed by atoms with Gasteiger partial charge in [0.1, 0.15) is 5.75 Å². The highest BCUT2D eigenvalue weighted by atomic mass is 127. The number of rotatable bonds is 7. The smallest absolute Gasteiger partial charge is 0.191 e. The van der Waals surface area contributed by atoms with Gasteiger partial charge in [-0.2, -0.15) is 0 Å². The van der Waals surface area contributed by atoms with E-state index in [-0.39, 0.29) is 41.7 Å². The van der Waals surface area contributed by atoms with E-state index in [1.54, 1.807) is 12.1 Å². The quantitative estimate of drug-likeness (QED) is 0.290. The standard InChI is InChI=1S/C17H27N3O3.HI/c1-2-18-16(19-11-14-3-5-15(22)6-4-14)20-12-17(7-9-21)8-10-23-13-17;/h3-6,21-22H,2,7-13H2,1H3,(H2,18,19,20);1H. The molecule has 4 N–H and O–H groups in total. The Balaban J connectivity index is 0.00000288. The third-order valence-corrected chi connectivity index (χ3v) is 4.16. The number of nitrogens with one attached hydrogen (secondary N) is 2. The number of nitrogens with zero attached hydrogens (tertiary/aromatic N) is 1. The van der Waals surface area contributed by atoms with Crippen molar-refractivity contribution >= 4 is 29.9 Å². The summed E-state index contributed by atoms with van der Waals surface area (Å²) in [5.74, 6) is 1.01. The molecule has 1 unspecified atom stereocenters. The van der Waals surface area contributed by atoms with Gasteiger partial charge in [0, 0.05) is 31.7 Å². The number of halogens is 1. The van der Waals surface area contributed by atoms with Crippen molar-refractivity contribution in [3.63, 3.8) is 0 Å². The predicted octanol–water partition coefficient (Wildman–Crippen LogP) is 1.85. The highest BCUT2D eigenvalue weighted by Crippen LogP contribution is 2.31. The van der Waals surface area contributed by atoms with E-state index in [1.807, 2.05) is 19.1 Å². The molecule has 1 aliphatic heterocycles. The first kappa shape index (κ1) is 21.0. The summed E-state index contributed by atoms with van der Waals surface area (Å²) in [6.45, 7) is 5.69. The highest BCUT2D eigenvalue weighted by molar-refractivity contribution is 14.0. The van der Waals surface area contributed by atoms with Gasteiger partial charge in [0.25, 0.3) is 0 Å². The fraction of sp³-hybridized carbons (Fsp3) is 0.588. The second-order valence-electron chi connectivity index (χ2n) is 5.99. The Morgan fingerprint density at radius 2 is 2.04 bits per heavy atom. The lowest BCUT2D eigenvalue weighted by Crippen LogP contribution is -2.44. The van der Waals surface area contributed by atoms with Crippen LogP contribution in [0.15, 0.2) is 29.3 Å². The summed E-state index contributed by atoms with van der Waals surface area (Å²) in [5, 5.41) is 25.2. The molecule has 1 aromatic rings. The summed E-state index contributed by atoms with van der Waals surface area (Å²) < 4.78 is 5.51. The molecule has 2 rings (SSSR count). The van der Waals surface area contributed by atoms with Crippen LogP contribution in [-0.4, -0.2) is 49.1 Å². The minimum atomic E-state index is -0.0104. The van der Waals surface area contributed by atoms with Crippen LogP contribution >= 0.6 is 24.0 Å². The number of aromatic hydroxyl groups is 1. The normalized spacial score (nSPS) is 20.5. The number of aliphatic imine (C=N–C) groups is 1. The molecule has 1 aliphatic rings. The SMILES string of the molecule is CCNC(=NCc1ccc(O)cc1)NCC1(CCO)CCOC1.I. The zero-order valence-electron chi connectivity index (χ0n) is 14.1. The van der Waals surface area contributed by atoms with Crippen molar-refractivity contribution in [2.45, 2.75) is 26.3 Å². The molecule has 0 spiro atoms. The molecule has 1 aromatic carbocycles. The van der Waals surface area contributed by atoms with Crippen molar-refractivity contribution < 1.29 is 14.9 Å². The average Bonchev–Trinajstić information content (AvgIpc) is 3.01. The van der Waals surface area contributed by atoms with Crippen LogP contribution in [0.1, 0.15) is 25.3 Å². The summed E-state index contributed by atoms with van der Waals surface area (Å²) in [7, 11) is 0. The monoisotopic (exact) mass is 449 g/mol. The fourth-order valence-corrected chi connectivity index (χ4v) is 2.70. The Labute approximate surface area is 160 Å². The van der Waals surface area contributed by atoms with Crippen LogP contribution in [0.3, 0.4) is 0 Å². The molecule has 0 radical (unpaired) electrons. The first-order chi connectivity index (χ1) is 11.2. The highest BCUT2D eigenvalue weighted by Gasteiger charge is 2.34. The van der Waals surface area contributed by atoms with Crippen LogP contribution in [0.5, 0.6) is 5.75 Å². The second kappa shape index (κ2) is 10.7. The largest absolute Gasteiger partial charge is 0.508 e. The Kier molecular flexibility index (Phi) is 9.38. The van der Waals surface area contributed by atoms with Gasteiger partial charge in [-0.3, -0.25) is 0 Å². The predicted molar refractivity (Wildman–Crippen MR) is 106 cm³/mol. The van der Waals surface area contributed by atoms with Crippen molar-refractivity contribution in [3.8, 4) is 5.75 Å². The molecule has 1 heterocycles. The van der Waals surface area contributed by atoms with Crippen LogP contribution < -0.4 is 10.6 Å². The Hall–Kier alpha value is -1.06. The molecule has 136 valence electrons. The van der Waals surface area contributed by atoms with Gasteiger partial charge >= 0.3 is 0 Å². The van der Waals surface area contributed by atoms with E-state index in [9.17, 15) is 10.2 Å². The van der Waals surface area contributed by atoms with Gasteiger partial charge in [-0.15, -0.1) is 24.0 Å². The van der Waals surface area contributed by atoms with Crippen molar-refractivity contribution in [2.75, 3.05) is 32.9 Å². The Morgan fingerprint density at radius 1 is 1.29 bits per heavy atom. The van der Waals surface area contributed by atoms with E-state index in [0.29, 0.717) is 13.2 Å². The number of aliphatic hydroxyl groups is 1. The summed E-state index contributed by atoms with van der Waals surface area (Å²) in [6.07, 6.45) is 1.69. The molecule has 7 heteroatoms. The van der Waals surface area contributed by atoms with Gasteiger partial charge in [0.15, 0.2) is 5.96 Å². The zero-order chi connectivity index (χ0) is 16.5. The van der Waals surface area contributed by atoms with Crippen LogP contribution in [0.4, 0.5) is 0 Å². The lowest BCUT2D eigenvalue weighted by molar-refractivity contribution is 0.127.